The highest BCUT2D eigenvalue weighted by Gasteiger charge is 2.79. The molecule has 3 fully saturated rings. The number of carbonyl (C=O) groups excluding carboxylic acids is 3. The molecule has 2 bridgehead atoms. The Morgan fingerprint density at radius 1 is 0.925 bits per heavy atom. The topological polar surface area (TPSA) is 138 Å². The third-order valence-electron chi connectivity index (χ3n) is 14.8. The monoisotopic (exact) mass is 772 g/mol. The number of allylic oxidation sites excluding steroid dienone is 1. The minimum absolute atomic E-state index is 0.0956. The van der Waals surface area contributed by atoms with Crippen LogP contribution in [0.25, 0.3) is 0 Å². The number of hydrogen-bond donors (Lipinski definition) is 2. The SMILES string of the molecule is CC[Si](CC)(CC)OC1=C2C(C)[C@@H](O)C[C@@](O)([C@@H](OC(=O)c3ccccc3)C3[C@](C)(C1=O)[C@@H](O[Si](CC)(CC)CC)C[C@H]1OC[C@@]31C(=O)OC)C2(C)C. The van der Waals surface area contributed by atoms with Crippen molar-refractivity contribution in [3.63, 3.8) is 0 Å². The van der Waals surface area contributed by atoms with Gasteiger partial charge in [-0.1, -0.05) is 80.5 Å². The van der Waals surface area contributed by atoms with Gasteiger partial charge in [-0.05, 0) is 60.9 Å². The highest BCUT2D eigenvalue weighted by atomic mass is 28.4. The Morgan fingerprint density at radius 3 is 1.98 bits per heavy atom. The summed E-state index contributed by atoms with van der Waals surface area (Å²) in [6, 6.07) is 13.2. The molecule has 0 spiro atoms. The van der Waals surface area contributed by atoms with Gasteiger partial charge in [0, 0.05) is 30.1 Å². The lowest BCUT2D eigenvalue weighted by Gasteiger charge is -2.68. The molecule has 1 aliphatic heterocycles. The van der Waals surface area contributed by atoms with E-state index >= 15 is 4.79 Å². The Kier molecular flexibility index (Phi) is 11.8. The molecule has 0 aromatic heterocycles. The zero-order chi connectivity index (χ0) is 39.4. The van der Waals surface area contributed by atoms with Gasteiger partial charge in [0.2, 0.25) is 5.78 Å². The molecule has 3 aliphatic carbocycles. The van der Waals surface area contributed by atoms with E-state index in [1.807, 2.05) is 27.7 Å². The zero-order valence-corrected chi connectivity index (χ0v) is 35.9. The van der Waals surface area contributed by atoms with Crippen molar-refractivity contribution in [1.29, 1.82) is 0 Å². The van der Waals surface area contributed by atoms with Crippen LogP contribution in [-0.2, 0) is 32.7 Å². The summed E-state index contributed by atoms with van der Waals surface area (Å²) in [5, 5.41) is 25.5. The lowest BCUT2D eigenvalue weighted by atomic mass is 9.42. The van der Waals surface area contributed by atoms with Gasteiger partial charge in [0.25, 0.3) is 8.32 Å². The summed E-state index contributed by atoms with van der Waals surface area (Å²) in [5.41, 5.74) is -5.52. The molecular weight excluding hydrogens is 709 g/mol. The van der Waals surface area contributed by atoms with Gasteiger partial charge in [0.05, 0.1) is 43.0 Å². The Bertz CT molecular complexity index is 1550. The smallest absolute Gasteiger partial charge is 0.338 e. The van der Waals surface area contributed by atoms with Crippen molar-refractivity contribution >= 4 is 34.4 Å². The number of esters is 2. The summed E-state index contributed by atoms with van der Waals surface area (Å²) in [6.07, 6.45) is -4.02. The van der Waals surface area contributed by atoms with Crippen molar-refractivity contribution in [2.45, 2.75) is 148 Å². The van der Waals surface area contributed by atoms with Gasteiger partial charge in [0.15, 0.2) is 8.32 Å². The van der Waals surface area contributed by atoms with Crippen LogP contribution >= 0.6 is 0 Å². The number of aliphatic hydroxyl groups is 2. The predicted molar refractivity (Wildman–Crippen MR) is 207 cm³/mol. The maximum absolute atomic E-state index is 16.3. The Hall–Kier alpha value is -2.36. The molecule has 1 heterocycles. The van der Waals surface area contributed by atoms with Gasteiger partial charge in [-0.2, -0.15) is 0 Å². The molecule has 53 heavy (non-hydrogen) atoms. The van der Waals surface area contributed by atoms with E-state index in [1.165, 1.54) is 7.11 Å². The zero-order valence-electron chi connectivity index (χ0n) is 33.9. The Labute approximate surface area is 318 Å². The highest BCUT2D eigenvalue weighted by Crippen LogP contribution is 2.67. The summed E-state index contributed by atoms with van der Waals surface area (Å²) in [5.74, 6) is -3.23. The van der Waals surface area contributed by atoms with Gasteiger partial charge in [-0.3, -0.25) is 9.59 Å². The number of carbonyl (C=O) groups is 3. The number of ketones is 1. The number of fused-ring (bicyclic) bond motifs is 5. The summed E-state index contributed by atoms with van der Waals surface area (Å²) < 4.78 is 33.1. The number of rotatable bonds is 13. The minimum Gasteiger partial charge on any atom is -0.541 e. The number of hydrogen-bond acceptors (Lipinski definition) is 10. The molecule has 2 unspecified atom stereocenters. The molecular formula is C41H64O10Si2. The van der Waals surface area contributed by atoms with Crippen molar-refractivity contribution in [3.8, 4) is 0 Å². The van der Waals surface area contributed by atoms with Crippen LogP contribution in [0.3, 0.4) is 0 Å². The van der Waals surface area contributed by atoms with Gasteiger partial charge < -0.3 is 33.3 Å². The number of Topliss-reactive ketones (excluding diaryl/α,β-unsaturated/α-hetero) is 1. The molecule has 4 aliphatic rings. The van der Waals surface area contributed by atoms with Crippen LogP contribution in [0.1, 0.15) is 92.4 Å². The van der Waals surface area contributed by atoms with Crippen molar-refractivity contribution in [2.75, 3.05) is 13.7 Å². The van der Waals surface area contributed by atoms with E-state index in [0.717, 1.165) is 36.3 Å². The van der Waals surface area contributed by atoms with Gasteiger partial charge >= 0.3 is 11.9 Å². The van der Waals surface area contributed by atoms with E-state index in [0.29, 0.717) is 5.57 Å². The fraction of sp³-hybridized carbons (Fsp3) is 0.732. The Balaban J connectivity index is 1.94. The second kappa shape index (κ2) is 14.9. The average Bonchev–Trinajstić information content (AvgIpc) is 3.15. The molecule has 296 valence electrons. The maximum Gasteiger partial charge on any atom is 0.338 e. The van der Waals surface area contributed by atoms with Crippen LogP contribution in [0, 0.1) is 28.1 Å². The van der Waals surface area contributed by atoms with Crippen LogP contribution in [0.5, 0.6) is 0 Å². The molecule has 10 nitrogen and oxygen atoms in total. The normalized spacial score (nSPS) is 35.2. The fourth-order valence-electron chi connectivity index (χ4n) is 10.5. The number of benzene rings is 1. The molecule has 12 heteroatoms. The van der Waals surface area contributed by atoms with E-state index in [-0.39, 0.29) is 36.6 Å². The number of ether oxygens (including phenoxy) is 3. The molecule has 0 radical (unpaired) electrons. The summed E-state index contributed by atoms with van der Waals surface area (Å²) in [7, 11) is -3.73. The minimum atomic E-state index is -2.59. The molecule has 2 saturated carbocycles. The average molecular weight is 773 g/mol. The standard InChI is InChI=1S/C41H64O10Si2/c1-12-52(13-2,14-3)50-29-23-30-40(25-48-30,37(45)47-11)33-35(49-36(44)27-21-19-18-20-22-27)41(46)24-28(42)26(7)31(38(41,8)9)32(34(43)39(29,33)10)51-53(15-4,16-5)17-6/h18-22,26,28-30,33,35,42,46H,12-17,23-25H2,1-11H3/t26?,28-,29-,30+,33?,35-,39+,40-,41+/m0/s1. The van der Waals surface area contributed by atoms with E-state index < -0.39 is 86.7 Å². The largest absolute Gasteiger partial charge is 0.541 e. The molecule has 9 atom stereocenters. The van der Waals surface area contributed by atoms with Crippen molar-refractivity contribution < 1.29 is 47.7 Å². The van der Waals surface area contributed by atoms with E-state index in [4.69, 9.17) is 23.1 Å². The van der Waals surface area contributed by atoms with Crippen LogP contribution in [0.2, 0.25) is 36.3 Å². The number of aliphatic hydroxyl groups excluding tert-OH is 1. The molecule has 5 rings (SSSR count). The van der Waals surface area contributed by atoms with Crippen LogP contribution in [0.15, 0.2) is 41.7 Å². The van der Waals surface area contributed by atoms with Gasteiger partial charge in [-0.25, -0.2) is 4.79 Å². The quantitative estimate of drug-likeness (QED) is 0.156. The molecule has 1 aromatic carbocycles. The molecule has 1 aromatic rings. The first kappa shape index (κ1) is 41.8. The predicted octanol–water partition coefficient (Wildman–Crippen LogP) is 7.20. The highest BCUT2D eigenvalue weighted by molar-refractivity contribution is 6.74. The second-order valence-electron chi connectivity index (χ2n) is 16.9. The van der Waals surface area contributed by atoms with E-state index in [1.54, 1.807) is 30.3 Å². The maximum atomic E-state index is 16.3. The van der Waals surface area contributed by atoms with Crippen molar-refractivity contribution in [3.05, 3.63) is 47.2 Å². The fourth-order valence-corrected chi connectivity index (χ4v) is 16.0. The summed E-state index contributed by atoms with van der Waals surface area (Å²) in [6.45, 7) is 20.0. The third-order valence-corrected chi connectivity index (χ3v) is 24.0. The van der Waals surface area contributed by atoms with Crippen molar-refractivity contribution in [1.82, 2.24) is 0 Å². The van der Waals surface area contributed by atoms with Crippen LogP contribution in [0.4, 0.5) is 0 Å². The Morgan fingerprint density at radius 2 is 1.49 bits per heavy atom. The lowest BCUT2D eigenvalue weighted by Crippen LogP contribution is -2.79. The first-order chi connectivity index (χ1) is 24.9. The first-order valence-corrected chi connectivity index (χ1v) is 25.0. The second-order valence-corrected chi connectivity index (χ2v) is 26.3. The van der Waals surface area contributed by atoms with Gasteiger partial charge in [0.1, 0.15) is 22.9 Å². The molecule has 2 N–H and O–H groups in total. The first-order valence-electron chi connectivity index (χ1n) is 20.0. The van der Waals surface area contributed by atoms with E-state index in [9.17, 15) is 19.8 Å². The van der Waals surface area contributed by atoms with Crippen LogP contribution < -0.4 is 0 Å². The molecule has 1 saturated heterocycles. The summed E-state index contributed by atoms with van der Waals surface area (Å²) in [4.78, 5) is 45.1. The van der Waals surface area contributed by atoms with Crippen molar-refractivity contribution in [2.24, 2.45) is 28.1 Å². The molecule has 0 amide bonds. The van der Waals surface area contributed by atoms with Crippen LogP contribution in [-0.4, -0.2) is 88.3 Å². The lowest BCUT2D eigenvalue weighted by molar-refractivity contribution is -0.311. The summed E-state index contributed by atoms with van der Waals surface area (Å²) >= 11 is 0. The van der Waals surface area contributed by atoms with Gasteiger partial charge in [-0.15, -0.1) is 0 Å². The number of methoxy groups -OCH3 is 1. The third kappa shape index (κ3) is 6.12. The van der Waals surface area contributed by atoms with E-state index in [2.05, 4.69) is 41.5 Å².